The van der Waals surface area contributed by atoms with Gasteiger partial charge in [0.2, 0.25) is 15.9 Å². The van der Waals surface area contributed by atoms with Crippen LogP contribution in [0.15, 0.2) is 36.4 Å². The summed E-state index contributed by atoms with van der Waals surface area (Å²) in [4.78, 5) is 12.3. The predicted molar refractivity (Wildman–Crippen MR) is 107 cm³/mol. The van der Waals surface area contributed by atoms with E-state index in [1.54, 1.807) is 6.07 Å². The molecule has 0 spiro atoms. The van der Waals surface area contributed by atoms with E-state index in [1.165, 1.54) is 4.31 Å². The SMILES string of the molecule is Cc1ccc(NC(=O)CCN(c2ccc(C)c(C)c2)S(C)(=O)=O)c(C)c1. The first-order valence-corrected chi connectivity index (χ1v) is 10.3. The second-order valence-corrected chi connectivity index (χ2v) is 8.63. The van der Waals surface area contributed by atoms with Gasteiger partial charge in [0.1, 0.15) is 0 Å². The van der Waals surface area contributed by atoms with Crippen LogP contribution in [0.2, 0.25) is 0 Å². The molecule has 0 atom stereocenters. The van der Waals surface area contributed by atoms with Gasteiger partial charge in [0.15, 0.2) is 0 Å². The highest BCUT2D eigenvalue weighted by atomic mass is 32.2. The zero-order chi connectivity index (χ0) is 19.5. The summed E-state index contributed by atoms with van der Waals surface area (Å²) in [5, 5.41) is 2.86. The van der Waals surface area contributed by atoms with Crippen molar-refractivity contribution >= 4 is 27.3 Å². The summed E-state index contributed by atoms with van der Waals surface area (Å²) >= 11 is 0. The minimum absolute atomic E-state index is 0.0767. The van der Waals surface area contributed by atoms with Gasteiger partial charge in [-0.15, -0.1) is 0 Å². The second-order valence-electron chi connectivity index (χ2n) is 6.72. The molecule has 0 saturated carbocycles. The number of carbonyl (C=O) groups excluding carboxylic acids is 1. The molecule has 0 bridgehead atoms. The maximum atomic E-state index is 12.3. The summed E-state index contributed by atoms with van der Waals surface area (Å²) in [5.74, 6) is -0.213. The molecular formula is C20H26N2O3S. The molecule has 0 heterocycles. The van der Waals surface area contributed by atoms with Gasteiger partial charge in [0.25, 0.3) is 0 Å². The van der Waals surface area contributed by atoms with Gasteiger partial charge in [-0.3, -0.25) is 9.10 Å². The van der Waals surface area contributed by atoms with Gasteiger partial charge in [-0.25, -0.2) is 8.42 Å². The van der Waals surface area contributed by atoms with E-state index in [9.17, 15) is 13.2 Å². The minimum Gasteiger partial charge on any atom is -0.326 e. The fraction of sp³-hybridized carbons (Fsp3) is 0.350. The molecule has 2 aromatic rings. The Morgan fingerprint density at radius 3 is 2.23 bits per heavy atom. The standard InChI is InChI=1S/C20H26N2O3S/c1-14-6-9-19(17(4)12-14)21-20(23)10-11-22(26(5,24)25)18-8-7-15(2)16(3)13-18/h6-9,12-13H,10-11H2,1-5H3,(H,21,23). The summed E-state index contributed by atoms with van der Waals surface area (Å²) in [6.07, 6.45) is 1.23. The van der Waals surface area contributed by atoms with Crippen molar-refractivity contribution in [2.24, 2.45) is 0 Å². The molecule has 1 N–H and O–H groups in total. The van der Waals surface area contributed by atoms with Gasteiger partial charge in [-0.2, -0.15) is 0 Å². The Balaban J connectivity index is 2.12. The van der Waals surface area contributed by atoms with Crippen molar-refractivity contribution in [2.75, 3.05) is 22.4 Å². The zero-order valence-corrected chi connectivity index (χ0v) is 16.8. The molecule has 0 aliphatic rings. The fourth-order valence-electron chi connectivity index (χ4n) is 2.74. The quantitative estimate of drug-likeness (QED) is 0.838. The van der Waals surface area contributed by atoms with E-state index in [0.717, 1.165) is 34.2 Å². The first-order chi connectivity index (χ1) is 12.1. The molecule has 26 heavy (non-hydrogen) atoms. The highest BCUT2D eigenvalue weighted by molar-refractivity contribution is 7.92. The van der Waals surface area contributed by atoms with E-state index in [1.807, 2.05) is 58.0 Å². The molecule has 5 nitrogen and oxygen atoms in total. The number of rotatable bonds is 6. The van der Waals surface area contributed by atoms with E-state index in [0.29, 0.717) is 5.69 Å². The number of benzene rings is 2. The Labute approximate surface area is 156 Å². The first kappa shape index (κ1) is 20.0. The third-order valence-electron chi connectivity index (χ3n) is 4.38. The number of anilines is 2. The second kappa shape index (κ2) is 7.91. The maximum Gasteiger partial charge on any atom is 0.232 e. The van der Waals surface area contributed by atoms with E-state index < -0.39 is 10.0 Å². The Bertz CT molecular complexity index is 921. The van der Waals surface area contributed by atoms with Crippen LogP contribution in [0.3, 0.4) is 0 Å². The number of nitrogens with one attached hydrogen (secondary N) is 1. The van der Waals surface area contributed by atoms with Gasteiger partial charge < -0.3 is 5.32 Å². The monoisotopic (exact) mass is 374 g/mol. The van der Waals surface area contributed by atoms with Crippen molar-refractivity contribution in [2.45, 2.75) is 34.1 Å². The van der Waals surface area contributed by atoms with Crippen LogP contribution in [0, 0.1) is 27.7 Å². The third kappa shape index (κ3) is 5.08. The molecule has 0 radical (unpaired) electrons. The first-order valence-electron chi connectivity index (χ1n) is 8.50. The Hall–Kier alpha value is -2.34. The van der Waals surface area contributed by atoms with E-state index in [4.69, 9.17) is 0 Å². The van der Waals surface area contributed by atoms with Crippen molar-refractivity contribution in [1.82, 2.24) is 0 Å². The topological polar surface area (TPSA) is 66.5 Å². The molecule has 6 heteroatoms. The van der Waals surface area contributed by atoms with Gasteiger partial charge in [-0.05, 0) is 62.6 Å². The summed E-state index contributed by atoms with van der Waals surface area (Å²) in [6.45, 7) is 7.93. The lowest BCUT2D eigenvalue weighted by Gasteiger charge is -2.23. The number of hydrogen-bond donors (Lipinski definition) is 1. The number of nitrogens with zero attached hydrogens (tertiary/aromatic N) is 1. The molecule has 0 unspecified atom stereocenters. The minimum atomic E-state index is -3.48. The van der Waals surface area contributed by atoms with Gasteiger partial charge >= 0.3 is 0 Å². The molecule has 140 valence electrons. The number of hydrogen-bond acceptors (Lipinski definition) is 3. The maximum absolute atomic E-state index is 12.3. The van der Waals surface area contributed by atoms with Crippen LogP contribution in [-0.2, 0) is 14.8 Å². The average Bonchev–Trinajstić information content (AvgIpc) is 2.52. The van der Waals surface area contributed by atoms with Crippen LogP contribution in [0.4, 0.5) is 11.4 Å². The molecule has 1 amide bonds. The van der Waals surface area contributed by atoms with Crippen molar-refractivity contribution < 1.29 is 13.2 Å². The highest BCUT2D eigenvalue weighted by Gasteiger charge is 2.19. The predicted octanol–water partition coefficient (Wildman–Crippen LogP) is 3.72. The van der Waals surface area contributed by atoms with Crippen LogP contribution in [-0.4, -0.2) is 27.1 Å². The van der Waals surface area contributed by atoms with Crippen molar-refractivity contribution in [1.29, 1.82) is 0 Å². The van der Waals surface area contributed by atoms with Crippen molar-refractivity contribution in [3.63, 3.8) is 0 Å². The van der Waals surface area contributed by atoms with Gasteiger partial charge in [-0.1, -0.05) is 23.8 Å². The molecular weight excluding hydrogens is 348 g/mol. The van der Waals surface area contributed by atoms with Crippen LogP contribution >= 0.6 is 0 Å². The smallest absolute Gasteiger partial charge is 0.232 e. The average molecular weight is 375 g/mol. The molecule has 0 aliphatic heterocycles. The molecule has 0 aromatic heterocycles. The van der Waals surface area contributed by atoms with Crippen LogP contribution in [0.1, 0.15) is 28.7 Å². The molecule has 0 fully saturated rings. The Kier molecular flexibility index (Phi) is 6.08. The van der Waals surface area contributed by atoms with E-state index >= 15 is 0 Å². The number of carbonyl (C=O) groups is 1. The number of sulfonamides is 1. The molecule has 2 aromatic carbocycles. The van der Waals surface area contributed by atoms with Crippen LogP contribution in [0.5, 0.6) is 0 Å². The summed E-state index contributed by atoms with van der Waals surface area (Å²) in [5.41, 5.74) is 5.53. The molecule has 0 saturated heterocycles. The zero-order valence-electron chi connectivity index (χ0n) is 16.0. The lowest BCUT2D eigenvalue weighted by atomic mass is 10.1. The van der Waals surface area contributed by atoms with E-state index in [2.05, 4.69) is 5.32 Å². The van der Waals surface area contributed by atoms with Crippen molar-refractivity contribution in [3.05, 3.63) is 58.7 Å². The van der Waals surface area contributed by atoms with Crippen LogP contribution in [0.25, 0.3) is 0 Å². The van der Waals surface area contributed by atoms with Gasteiger partial charge in [0, 0.05) is 18.7 Å². The van der Waals surface area contributed by atoms with Crippen LogP contribution < -0.4 is 9.62 Å². The largest absolute Gasteiger partial charge is 0.326 e. The summed E-state index contributed by atoms with van der Waals surface area (Å²) in [7, 11) is -3.48. The molecule has 2 rings (SSSR count). The summed E-state index contributed by atoms with van der Waals surface area (Å²) < 4.78 is 25.6. The van der Waals surface area contributed by atoms with Gasteiger partial charge in [0.05, 0.1) is 11.9 Å². The van der Waals surface area contributed by atoms with Crippen molar-refractivity contribution in [3.8, 4) is 0 Å². The normalized spacial score (nSPS) is 11.3. The van der Waals surface area contributed by atoms with E-state index in [-0.39, 0.29) is 18.9 Å². The lowest BCUT2D eigenvalue weighted by molar-refractivity contribution is -0.116. The third-order valence-corrected chi connectivity index (χ3v) is 5.57. The lowest BCUT2D eigenvalue weighted by Crippen LogP contribution is -2.33. The highest BCUT2D eigenvalue weighted by Crippen LogP contribution is 2.22. The Morgan fingerprint density at radius 1 is 0.962 bits per heavy atom. The Morgan fingerprint density at radius 2 is 1.65 bits per heavy atom. The molecule has 0 aliphatic carbocycles. The summed E-state index contributed by atoms with van der Waals surface area (Å²) in [6, 6.07) is 11.3. The number of amides is 1. The fourth-order valence-corrected chi connectivity index (χ4v) is 3.66. The number of aryl methyl sites for hydroxylation is 4.